The number of carbonyl (C=O) groups excluding carboxylic acids is 1. The number of benzene rings is 2. The average molecular weight is 376 g/mol. The fraction of sp³-hybridized carbons (Fsp3) is 0.316. The first-order chi connectivity index (χ1) is 12.3. The number of halogens is 1. The lowest BCUT2D eigenvalue weighted by atomic mass is 10.1. The van der Waals surface area contributed by atoms with Crippen LogP contribution in [0.2, 0.25) is 0 Å². The molecule has 2 aromatic rings. The molecule has 138 valence electrons. The van der Waals surface area contributed by atoms with E-state index in [1.807, 2.05) is 6.92 Å². The number of carbonyl (C=O) groups is 1. The van der Waals surface area contributed by atoms with Crippen LogP contribution in [0, 0.1) is 18.7 Å². The molecule has 2 N–H and O–H groups in total. The molecule has 0 bridgehead atoms. The lowest BCUT2D eigenvalue weighted by molar-refractivity contribution is 0.0935. The van der Waals surface area contributed by atoms with Crippen molar-refractivity contribution in [3.8, 4) is 0 Å². The van der Waals surface area contributed by atoms with Crippen LogP contribution in [-0.4, -0.2) is 20.4 Å². The minimum Gasteiger partial charge on any atom is -0.349 e. The molecule has 1 aliphatic rings. The largest absolute Gasteiger partial charge is 0.349 e. The zero-order valence-corrected chi connectivity index (χ0v) is 15.4. The molecule has 1 unspecified atom stereocenters. The Hall–Kier alpha value is -2.41. The molecule has 0 aromatic heterocycles. The van der Waals surface area contributed by atoms with Crippen molar-refractivity contribution in [3.63, 3.8) is 0 Å². The van der Waals surface area contributed by atoms with Crippen LogP contribution >= 0.6 is 0 Å². The number of para-hydroxylation sites is 1. The van der Waals surface area contributed by atoms with Crippen molar-refractivity contribution in [2.75, 3.05) is 4.72 Å². The van der Waals surface area contributed by atoms with Gasteiger partial charge in [0.15, 0.2) is 0 Å². The summed E-state index contributed by atoms with van der Waals surface area (Å²) in [4.78, 5) is 12.4. The number of rotatable bonds is 6. The van der Waals surface area contributed by atoms with E-state index in [4.69, 9.17) is 0 Å². The summed E-state index contributed by atoms with van der Waals surface area (Å²) in [5, 5.41) is 2.92. The van der Waals surface area contributed by atoms with Crippen molar-refractivity contribution in [1.29, 1.82) is 0 Å². The summed E-state index contributed by atoms with van der Waals surface area (Å²) < 4.78 is 41.1. The predicted molar refractivity (Wildman–Crippen MR) is 98.0 cm³/mol. The number of hydrogen-bond acceptors (Lipinski definition) is 3. The molecule has 0 aliphatic heterocycles. The molecule has 5 nitrogen and oxygen atoms in total. The normalized spacial score (nSPS) is 15.3. The molecule has 7 heteroatoms. The van der Waals surface area contributed by atoms with Crippen LogP contribution in [0.1, 0.15) is 35.7 Å². The first kappa shape index (κ1) is 18.4. The van der Waals surface area contributed by atoms with Gasteiger partial charge in [0.25, 0.3) is 15.9 Å². The lowest BCUT2D eigenvalue weighted by Crippen LogP contribution is -2.34. The Labute approximate surface area is 152 Å². The fourth-order valence-electron chi connectivity index (χ4n) is 2.76. The third-order valence-electron chi connectivity index (χ3n) is 4.57. The highest BCUT2D eigenvalue weighted by molar-refractivity contribution is 7.92. The van der Waals surface area contributed by atoms with Crippen LogP contribution in [0.4, 0.5) is 10.1 Å². The van der Waals surface area contributed by atoms with Crippen molar-refractivity contribution in [2.45, 2.75) is 37.6 Å². The second-order valence-corrected chi connectivity index (χ2v) is 8.34. The molecule has 1 fully saturated rings. The van der Waals surface area contributed by atoms with Crippen molar-refractivity contribution in [2.24, 2.45) is 5.92 Å². The molecule has 0 spiro atoms. The van der Waals surface area contributed by atoms with E-state index < -0.39 is 15.8 Å². The third kappa shape index (κ3) is 4.04. The van der Waals surface area contributed by atoms with Gasteiger partial charge in [-0.2, -0.15) is 0 Å². The molecular formula is C19H21FN2O3S. The van der Waals surface area contributed by atoms with Crippen LogP contribution < -0.4 is 10.0 Å². The van der Waals surface area contributed by atoms with Gasteiger partial charge in [-0.3, -0.25) is 9.52 Å². The maximum atomic E-state index is 13.7. The van der Waals surface area contributed by atoms with Crippen molar-refractivity contribution in [3.05, 3.63) is 59.4 Å². The molecular weight excluding hydrogens is 355 g/mol. The number of aryl methyl sites for hydroxylation is 1. The first-order valence-corrected chi connectivity index (χ1v) is 9.95. The third-order valence-corrected chi connectivity index (χ3v) is 5.93. The molecule has 3 rings (SSSR count). The van der Waals surface area contributed by atoms with Gasteiger partial charge in [0.05, 0.1) is 10.6 Å². The Morgan fingerprint density at radius 1 is 1.19 bits per heavy atom. The van der Waals surface area contributed by atoms with Crippen LogP contribution in [0.3, 0.4) is 0 Å². The number of sulfonamides is 1. The van der Waals surface area contributed by atoms with E-state index in [1.165, 1.54) is 36.4 Å². The molecule has 0 radical (unpaired) electrons. The van der Waals surface area contributed by atoms with E-state index >= 15 is 0 Å². The van der Waals surface area contributed by atoms with E-state index in [-0.39, 0.29) is 22.5 Å². The summed E-state index contributed by atoms with van der Waals surface area (Å²) in [5.74, 6) is -0.474. The topological polar surface area (TPSA) is 75.3 Å². The Balaban J connectivity index is 1.86. The van der Waals surface area contributed by atoms with Crippen molar-refractivity contribution < 1.29 is 17.6 Å². The molecule has 0 heterocycles. The second-order valence-electron chi connectivity index (χ2n) is 6.66. The van der Waals surface area contributed by atoms with E-state index in [0.29, 0.717) is 17.0 Å². The van der Waals surface area contributed by atoms with Gasteiger partial charge in [-0.05, 0) is 62.4 Å². The summed E-state index contributed by atoms with van der Waals surface area (Å²) >= 11 is 0. The molecule has 26 heavy (non-hydrogen) atoms. The van der Waals surface area contributed by atoms with Gasteiger partial charge in [-0.15, -0.1) is 0 Å². The number of amides is 1. The van der Waals surface area contributed by atoms with Crippen LogP contribution in [0.5, 0.6) is 0 Å². The van der Waals surface area contributed by atoms with Gasteiger partial charge in [-0.25, -0.2) is 12.8 Å². The summed E-state index contributed by atoms with van der Waals surface area (Å²) in [6, 6.07) is 9.88. The van der Waals surface area contributed by atoms with E-state index in [2.05, 4.69) is 10.0 Å². The zero-order valence-electron chi connectivity index (χ0n) is 14.6. The highest BCUT2D eigenvalue weighted by Crippen LogP contribution is 2.32. The van der Waals surface area contributed by atoms with E-state index in [0.717, 1.165) is 12.8 Å². The zero-order chi connectivity index (χ0) is 18.9. The SMILES string of the molecule is Cc1ccc(S(=O)(=O)Nc2ccccc2F)cc1C(=O)NC(C)C1CC1. The van der Waals surface area contributed by atoms with Crippen LogP contribution in [0.15, 0.2) is 47.4 Å². The van der Waals surface area contributed by atoms with Gasteiger partial charge in [0.2, 0.25) is 0 Å². The highest BCUT2D eigenvalue weighted by atomic mass is 32.2. The van der Waals surface area contributed by atoms with Gasteiger partial charge in [0, 0.05) is 11.6 Å². The Morgan fingerprint density at radius 3 is 2.54 bits per heavy atom. The number of anilines is 1. The standard InChI is InChI=1S/C19H21FN2O3S/c1-12-7-10-15(11-16(12)19(23)21-13(2)14-8-9-14)26(24,25)22-18-6-4-3-5-17(18)20/h3-7,10-11,13-14,22H,8-9H2,1-2H3,(H,21,23). The maximum absolute atomic E-state index is 13.7. The summed E-state index contributed by atoms with van der Waals surface area (Å²) in [6.45, 7) is 3.70. The summed E-state index contributed by atoms with van der Waals surface area (Å²) in [7, 11) is -4.01. The molecule has 1 aliphatic carbocycles. The smallest absolute Gasteiger partial charge is 0.262 e. The van der Waals surface area contributed by atoms with Crippen molar-refractivity contribution >= 4 is 21.6 Å². The summed E-state index contributed by atoms with van der Waals surface area (Å²) in [6.07, 6.45) is 2.20. The van der Waals surface area contributed by atoms with Gasteiger partial charge >= 0.3 is 0 Å². The Kier molecular flexibility index (Phi) is 5.00. The Bertz CT molecular complexity index is 940. The van der Waals surface area contributed by atoms with E-state index in [9.17, 15) is 17.6 Å². The molecule has 1 amide bonds. The monoisotopic (exact) mass is 376 g/mol. The summed E-state index contributed by atoms with van der Waals surface area (Å²) in [5.41, 5.74) is 0.839. The highest BCUT2D eigenvalue weighted by Gasteiger charge is 2.29. The maximum Gasteiger partial charge on any atom is 0.262 e. The molecule has 2 aromatic carbocycles. The van der Waals surface area contributed by atoms with Gasteiger partial charge in [0.1, 0.15) is 5.82 Å². The average Bonchev–Trinajstić information content (AvgIpc) is 3.42. The van der Waals surface area contributed by atoms with Crippen LogP contribution in [-0.2, 0) is 10.0 Å². The minimum atomic E-state index is -4.01. The molecule has 0 saturated heterocycles. The minimum absolute atomic E-state index is 0.0544. The Morgan fingerprint density at radius 2 is 1.88 bits per heavy atom. The van der Waals surface area contributed by atoms with E-state index in [1.54, 1.807) is 13.0 Å². The van der Waals surface area contributed by atoms with Crippen LogP contribution in [0.25, 0.3) is 0 Å². The van der Waals surface area contributed by atoms with Gasteiger partial charge < -0.3 is 5.32 Å². The molecule has 1 saturated carbocycles. The van der Waals surface area contributed by atoms with Gasteiger partial charge in [-0.1, -0.05) is 18.2 Å². The number of hydrogen-bond donors (Lipinski definition) is 2. The molecule has 1 atom stereocenters. The van der Waals surface area contributed by atoms with Crippen molar-refractivity contribution in [1.82, 2.24) is 5.32 Å². The number of nitrogens with one attached hydrogen (secondary N) is 2. The lowest BCUT2D eigenvalue weighted by Gasteiger charge is -2.15. The quantitative estimate of drug-likeness (QED) is 0.811. The fourth-order valence-corrected chi connectivity index (χ4v) is 3.85. The second kappa shape index (κ2) is 7.07. The first-order valence-electron chi connectivity index (χ1n) is 8.47. The predicted octanol–water partition coefficient (Wildman–Crippen LogP) is 3.46.